The minimum absolute atomic E-state index is 0.0729. The van der Waals surface area contributed by atoms with Crippen LogP contribution in [0.3, 0.4) is 0 Å². The van der Waals surface area contributed by atoms with Crippen molar-refractivity contribution in [2.24, 2.45) is 0 Å². The molecule has 0 aromatic heterocycles. The first-order valence-electron chi connectivity index (χ1n) is 6.97. The summed E-state index contributed by atoms with van der Waals surface area (Å²) in [5.41, 5.74) is 1.55. The van der Waals surface area contributed by atoms with Gasteiger partial charge in [-0.1, -0.05) is 11.6 Å². The fraction of sp³-hybridized carbons (Fsp3) is 0.786. The molecule has 4 heteroatoms. The lowest BCUT2D eigenvalue weighted by molar-refractivity contribution is -0.120. The molecule has 0 atom stereocenters. The van der Waals surface area contributed by atoms with E-state index in [1.54, 1.807) is 12.7 Å². The van der Waals surface area contributed by atoms with Gasteiger partial charge in [-0.2, -0.15) is 0 Å². The molecule has 18 heavy (non-hydrogen) atoms. The van der Waals surface area contributed by atoms with Gasteiger partial charge in [-0.3, -0.25) is 4.79 Å². The summed E-state index contributed by atoms with van der Waals surface area (Å²) in [6.07, 6.45) is 9.44. The number of hydrogen-bond donors (Lipinski definition) is 2. The summed E-state index contributed by atoms with van der Waals surface area (Å²) in [7, 11) is 1.67. The van der Waals surface area contributed by atoms with E-state index in [2.05, 4.69) is 16.7 Å². The van der Waals surface area contributed by atoms with E-state index in [-0.39, 0.29) is 5.91 Å². The van der Waals surface area contributed by atoms with Crippen LogP contribution in [-0.2, 0) is 9.53 Å². The molecule has 0 aromatic carbocycles. The minimum atomic E-state index is 0.0729. The molecule has 0 bridgehead atoms. The van der Waals surface area contributed by atoms with Crippen molar-refractivity contribution in [3.05, 3.63) is 11.6 Å². The van der Waals surface area contributed by atoms with Gasteiger partial charge in [-0.15, -0.1) is 0 Å². The van der Waals surface area contributed by atoms with Gasteiger partial charge in [0.15, 0.2) is 0 Å². The zero-order chi connectivity index (χ0) is 13.1. The second-order valence-electron chi connectivity index (χ2n) is 4.73. The molecule has 1 aliphatic carbocycles. The Morgan fingerprint density at radius 1 is 1.39 bits per heavy atom. The van der Waals surface area contributed by atoms with E-state index in [0.717, 1.165) is 19.4 Å². The van der Waals surface area contributed by atoms with Crippen LogP contribution in [0, 0.1) is 0 Å². The molecule has 0 unspecified atom stereocenters. The van der Waals surface area contributed by atoms with Crippen LogP contribution >= 0.6 is 0 Å². The van der Waals surface area contributed by atoms with Gasteiger partial charge in [-0.25, -0.2) is 0 Å². The lowest BCUT2D eigenvalue weighted by Gasteiger charge is -2.12. The van der Waals surface area contributed by atoms with E-state index in [4.69, 9.17) is 4.74 Å². The quantitative estimate of drug-likeness (QED) is 0.485. The predicted molar refractivity (Wildman–Crippen MR) is 73.5 cm³/mol. The van der Waals surface area contributed by atoms with Crippen LogP contribution < -0.4 is 10.6 Å². The molecule has 0 radical (unpaired) electrons. The lowest BCUT2D eigenvalue weighted by Crippen LogP contribution is -2.35. The van der Waals surface area contributed by atoms with Crippen molar-refractivity contribution >= 4 is 5.91 Å². The van der Waals surface area contributed by atoms with Crippen molar-refractivity contribution < 1.29 is 9.53 Å². The maximum atomic E-state index is 11.4. The second-order valence-corrected chi connectivity index (χ2v) is 4.73. The third-order valence-corrected chi connectivity index (χ3v) is 3.14. The Kier molecular flexibility index (Phi) is 8.51. The number of carbonyl (C=O) groups excluding carboxylic acids is 1. The Morgan fingerprint density at radius 3 is 3.00 bits per heavy atom. The Balaban J connectivity index is 1.93. The fourth-order valence-corrected chi connectivity index (χ4v) is 2.09. The number of hydrogen-bond acceptors (Lipinski definition) is 3. The Labute approximate surface area is 110 Å². The fourth-order valence-electron chi connectivity index (χ4n) is 2.09. The van der Waals surface area contributed by atoms with Crippen molar-refractivity contribution in [2.45, 2.75) is 38.5 Å². The summed E-state index contributed by atoms with van der Waals surface area (Å²) in [5.74, 6) is 0.0729. The molecule has 0 heterocycles. The molecule has 1 rings (SSSR count). The van der Waals surface area contributed by atoms with E-state index in [1.165, 1.54) is 25.7 Å². The van der Waals surface area contributed by atoms with E-state index in [0.29, 0.717) is 19.7 Å². The molecule has 0 spiro atoms. The number of carbonyl (C=O) groups is 1. The van der Waals surface area contributed by atoms with Crippen molar-refractivity contribution in [1.82, 2.24) is 10.6 Å². The molecule has 0 saturated carbocycles. The summed E-state index contributed by atoms with van der Waals surface area (Å²) in [5, 5.41) is 6.05. The zero-order valence-corrected chi connectivity index (χ0v) is 11.5. The SMILES string of the molecule is COCCCNC(=O)CNCCC1=CCCCC1. The highest BCUT2D eigenvalue weighted by atomic mass is 16.5. The number of methoxy groups -OCH3 is 1. The van der Waals surface area contributed by atoms with E-state index < -0.39 is 0 Å². The van der Waals surface area contributed by atoms with Crippen molar-refractivity contribution in [2.75, 3.05) is 33.4 Å². The third-order valence-electron chi connectivity index (χ3n) is 3.14. The maximum Gasteiger partial charge on any atom is 0.233 e. The first-order valence-corrected chi connectivity index (χ1v) is 6.97. The van der Waals surface area contributed by atoms with E-state index in [1.807, 2.05) is 0 Å². The van der Waals surface area contributed by atoms with Gasteiger partial charge in [0.25, 0.3) is 0 Å². The number of allylic oxidation sites excluding steroid dienone is 1. The Morgan fingerprint density at radius 2 is 2.28 bits per heavy atom. The molecule has 0 fully saturated rings. The molecule has 0 aliphatic heterocycles. The van der Waals surface area contributed by atoms with Crippen molar-refractivity contribution in [3.63, 3.8) is 0 Å². The first kappa shape index (κ1) is 15.2. The third kappa shape index (κ3) is 7.45. The van der Waals surface area contributed by atoms with Crippen molar-refractivity contribution in [3.8, 4) is 0 Å². The van der Waals surface area contributed by atoms with Gasteiger partial charge in [0, 0.05) is 20.3 Å². The topological polar surface area (TPSA) is 50.4 Å². The molecular weight excluding hydrogens is 228 g/mol. The molecule has 1 aliphatic rings. The van der Waals surface area contributed by atoms with Crippen LogP contribution in [-0.4, -0.2) is 39.3 Å². The molecular formula is C14H26N2O2. The summed E-state index contributed by atoms with van der Waals surface area (Å²) >= 11 is 0. The molecule has 1 amide bonds. The van der Waals surface area contributed by atoms with Crippen molar-refractivity contribution in [1.29, 1.82) is 0 Å². The number of nitrogens with one attached hydrogen (secondary N) is 2. The highest BCUT2D eigenvalue weighted by Crippen LogP contribution is 2.19. The molecule has 2 N–H and O–H groups in total. The smallest absolute Gasteiger partial charge is 0.233 e. The summed E-state index contributed by atoms with van der Waals surface area (Å²) in [6.45, 7) is 2.71. The Bertz CT molecular complexity index is 265. The second kappa shape index (κ2) is 10.1. The van der Waals surface area contributed by atoms with Crippen LogP contribution in [0.1, 0.15) is 38.5 Å². The minimum Gasteiger partial charge on any atom is -0.385 e. The molecule has 104 valence electrons. The highest BCUT2D eigenvalue weighted by molar-refractivity contribution is 5.77. The summed E-state index contributed by atoms with van der Waals surface area (Å²) in [6, 6.07) is 0. The van der Waals surface area contributed by atoms with Gasteiger partial charge >= 0.3 is 0 Å². The van der Waals surface area contributed by atoms with Gasteiger partial charge in [0.2, 0.25) is 5.91 Å². The van der Waals surface area contributed by atoms with Gasteiger partial charge in [0.05, 0.1) is 6.54 Å². The average Bonchev–Trinajstić information content (AvgIpc) is 2.41. The van der Waals surface area contributed by atoms with E-state index >= 15 is 0 Å². The van der Waals surface area contributed by atoms with Crippen LogP contribution in [0.2, 0.25) is 0 Å². The number of amides is 1. The summed E-state index contributed by atoms with van der Waals surface area (Å²) in [4.78, 5) is 11.4. The average molecular weight is 254 g/mol. The summed E-state index contributed by atoms with van der Waals surface area (Å²) < 4.78 is 4.92. The lowest BCUT2D eigenvalue weighted by atomic mass is 9.97. The standard InChI is InChI=1S/C14H26N2O2/c1-18-11-5-9-16-14(17)12-15-10-8-13-6-3-2-4-7-13/h6,15H,2-5,7-12H2,1H3,(H,16,17). The van der Waals surface area contributed by atoms with Crippen LogP contribution in [0.15, 0.2) is 11.6 Å². The van der Waals surface area contributed by atoms with E-state index in [9.17, 15) is 4.79 Å². The predicted octanol–water partition coefficient (Wildman–Crippen LogP) is 1.62. The number of rotatable bonds is 9. The number of ether oxygens (including phenoxy) is 1. The van der Waals surface area contributed by atoms with Crippen LogP contribution in [0.4, 0.5) is 0 Å². The molecule has 0 aromatic rings. The monoisotopic (exact) mass is 254 g/mol. The molecule has 0 saturated heterocycles. The van der Waals surface area contributed by atoms with Gasteiger partial charge in [0.1, 0.15) is 0 Å². The van der Waals surface area contributed by atoms with Gasteiger partial charge < -0.3 is 15.4 Å². The maximum absolute atomic E-state index is 11.4. The largest absolute Gasteiger partial charge is 0.385 e. The molecule has 4 nitrogen and oxygen atoms in total. The highest BCUT2D eigenvalue weighted by Gasteiger charge is 2.04. The van der Waals surface area contributed by atoms with Crippen LogP contribution in [0.25, 0.3) is 0 Å². The zero-order valence-electron chi connectivity index (χ0n) is 11.5. The normalized spacial score (nSPS) is 15.3. The Hall–Kier alpha value is -0.870. The van der Waals surface area contributed by atoms with Gasteiger partial charge in [-0.05, 0) is 45.1 Å². The first-order chi connectivity index (χ1) is 8.83. The van der Waals surface area contributed by atoms with Crippen LogP contribution in [0.5, 0.6) is 0 Å².